The van der Waals surface area contributed by atoms with Gasteiger partial charge in [-0.2, -0.15) is 0 Å². The monoisotopic (exact) mass is 241 g/mol. The fourth-order valence-electron chi connectivity index (χ4n) is 3.35. The molecule has 1 aromatic heterocycles. The molecule has 96 valence electrons. The van der Waals surface area contributed by atoms with Crippen LogP contribution in [0.2, 0.25) is 0 Å². The van der Waals surface area contributed by atoms with Crippen molar-refractivity contribution in [3.63, 3.8) is 0 Å². The molecule has 1 aliphatic rings. The van der Waals surface area contributed by atoms with Crippen molar-refractivity contribution in [2.24, 2.45) is 0 Å². The summed E-state index contributed by atoms with van der Waals surface area (Å²) in [6.45, 7) is 2.45. The Balaban J connectivity index is 1.95. The highest BCUT2D eigenvalue weighted by atomic mass is 14.7. The number of aromatic nitrogens is 1. The van der Waals surface area contributed by atoms with Crippen LogP contribution in [0.1, 0.15) is 57.6 Å². The maximum atomic E-state index is 3.65. The predicted molar refractivity (Wildman–Crippen MR) is 78.0 cm³/mol. The van der Waals surface area contributed by atoms with Crippen molar-refractivity contribution in [3.8, 4) is 0 Å². The summed E-state index contributed by atoms with van der Waals surface area (Å²) in [5, 5.41) is 1.36. The van der Waals surface area contributed by atoms with E-state index in [9.17, 15) is 0 Å². The van der Waals surface area contributed by atoms with E-state index in [4.69, 9.17) is 0 Å². The molecule has 1 heterocycles. The largest absolute Gasteiger partial charge is 0.358 e. The number of rotatable bonds is 1. The molecule has 0 saturated heterocycles. The van der Waals surface area contributed by atoms with Crippen LogP contribution in [0.3, 0.4) is 0 Å². The molecule has 0 spiro atoms. The van der Waals surface area contributed by atoms with Crippen LogP contribution in [0.25, 0.3) is 10.9 Å². The smallest absolute Gasteiger partial charge is 0.0456 e. The van der Waals surface area contributed by atoms with Crippen LogP contribution >= 0.6 is 0 Å². The summed E-state index contributed by atoms with van der Waals surface area (Å²) >= 11 is 0. The molecule has 18 heavy (non-hydrogen) atoms. The average Bonchev–Trinajstić information content (AvgIpc) is 2.78. The van der Waals surface area contributed by atoms with Crippen molar-refractivity contribution < 1.29 is 0 Å². The van der Waals surface area contributed by atoms with Crippen LogP contribution in [0, 0.1) is 0 Å². The van der Waals surface area contributed by atoms with Crippen LogP contribution in [-0.2, 0) is 5.41 Å². The number of nitrogens with one attached hydrogen (secondary N) is 1. The topological polar surface area (TPSA) is 15.8 Å². The van der Waals surface area contributed by atoms with Gasteiger partial charge in [0.15, 0.2) is 0 Å². The molecule has 2 aromatic rings. The van der Waals surface area contributed by atoms with Gasteiger partial charge in [0.05, 0.1) is 0 Å². The van der Waals surface area contributed by atoms with Crippen molar-refractivity contribution in [2.45, 2.75) is 57.3 Å². The summed E-state index contributed by atoms with van der Waals surface area (Å²) in [7, 11) is 0. The van der Waals surface area contributed by atoms with E-state index in [0.29, 0.717) is 5.41 Å². The van der Waals surface area contributed by atoms with Crippen LogP contribution in [0.4, 0.5) is 0 Å². The molecule has 1 aromatic carbocycles. The third kappa shape index (κ3) is 2.19. The Kier molecular flexibility index (Phi) is 3.15. The molecule has 0 aliphatic heterocycles. The van der Waals surface area contributed by atoms with Crippen molar-refractivity contribution >= 4 is 10.9 Å². The van der Waals surface area contributed by atoms with E-state index in [1.807, 2.05) is 0 Å². The fraction of sp³-hybridized carbons (Fsp3) is 0.529. The summed E-state index contributed by atoms with van der Waals surface area (Å²) in [6.07, 6.45) is 9.69. The number of aromatic amines is 1. The standard InChI is InChI=1S/C17H23N/c1-17(11-7-3-2-4-8-12-17)16-13-14-9-5-6-10-15(14)18-16/h5-6,9-10,13,18H,2-4,7-8,11-12H2,1H3. The zero-order chi connectivity index (χ0) is 12.4. The van der Waals surface area contributed by atoms with E-state index in [0.717, 1.165) is 0 Å². The maximum Gasteiger partial charge on any atom is 0.0456 e. The van der Waals surface area contributed by atoms with Gasteiger partial charge in [-0.05, 0) is 30.4 Å². The van der Waals surface area contributed by atoms with E-state index in [2.05, 4.69) is 42.2 Å². The molecule has 1 saturated carbocycles. The highest BCUT2D eigenvalue weighted by Gasteiger charge is 2.28. The first-order chi connectivity index (χ1) is 8.78. The molecular weight excluding hydrogens is 218 g/mol. The summed E-state index contributed by atoms with van der Waals surface area (Å²) in [5.41, 5.74) is 3.10. The van der Waals surface area contributed by atoms with Gasteiger partial charge in [-0.25, -0.2) is 0 Å². The Labute approximate surface area is 110 Å². The number of hydrogen-bond acceptors (Lipinski definition) is 0. The average molecular weight is 241 g/mol. The van der Waals surface area contributed by atoms with Crippen molar-refractivity contribution in [3.05, 3.63) is 36.0 Å². The van der Waals surface area contributed by atoms with Gasteiger partial charge in [-0.1, -0.05) is 57.2 Å². The molecule has 1 fully saturated rings. The first-order valence-electron chi connectivity index (χ1n) is 7.36. The Hall–Kier alpha value is -1.24. The van der Waals surface area contributed by atoms with Crippen LogP contribution in [0.15, 0.2) is 30.3 Å². The highest BCUT2D eigenvalue weighted by Crippen LogP contribution is 2.37. The predicted octanol–water partition coefficient (Wildman–Crippen LogP) is 5.17. The Morgan fingerprint density at radius 3 is 2.33 bits per heavy atom. The van der Waals surface area contributed by atoms with Gasteiger partial charge in [-0.15, -0.1) is 0 Å². The van der Waals surface area contributed by atoms with E-state index in [1.54, 1.807) is 0 Å². The van der Waals surface area contributed by atoms with E-state index in [-0.39, 0.29) is 0 Å². The fourth-order valence-corrected chi connectivity index (χ4v) is 3.35. The molecule has 0 bridgehead atoms. The van der Waals surface area contributed by atoms with E-state index < -0.39 is 0 Å². The van der Waals surface area contributed by atoms with Crippen molar-refractivity contribution in [2.75, 3.05) is 0 Å². The lowest BCUT2D eigenvalue weighted by Crippen LogP contribution is -2.23. The van der Waals surface area contributed by atoms with Gasteiger partial charge >= 0.3 is 0 Å². The molecule has 1 nitrogen and oxygen atoms in total. The SMILES string of the molecule is CC1(c2cc3ccccc3[nH]2)CCCCCCC1. The highest BCUT2D eigenvalue weighted by molar-refractivity contribution is 5.80. The number of fused-ring (bicyclic) bond motifs is 1. The molecule has 1 N–H and O–H groups in total. The molecule has 1 heteroatoms. The van der Waals surface area contributed by atoms with Gasteiger partial charge in [0.1, 0.15) is 0 Å². The minimum absolute atomic E-state index is 0.361. The molecule has 0 amide bonds. The van der Waals surface area contributed by atoms with Gasteiger partial charge < -0.3 is 4.98 Å². The molecule has 1 aliphatic carbocycles. The van der Waals surface area contributed by atoms with Gasteiger partial charge in [0, 0.05) is 16.6 Å². The first kappa shape index (κ1) is 11.8. The normalized spacial score (nSPS) is 20.5. The van der Waals surface area contributed by atoms with Gasteiger partial charge in [0.25, 0.3) is 0 Å². The molecule has 0 unspecified atom stereocenters. The third-order valence-electron chi connectivity index (χ3n) is 4.64. The molecule has 0 radical (unpaired) electrons. The van der Waals surface area contributed by atoms with Crippen molar-refractivity contribution in [1.29, 1.82) is 0 Å². The molecular formula is C17H23N. The second-order valence-electron chi connectivity index (χ2n) is 6.10. The molecule has 3 rings (SSSR count). The summed E-state index contributed by atoms with van der Waals surface area (Å²) < 4.78 is 0. The Bertz CT molecular complexity index is 482. The lowest BCUT2D eigenvalue weighted by Gasteiger charge is -2.30. The zero-order valence-electron chi connectivity index (χ0n) is 11.3. The number of para-hydroxylation sites is 1. The van der Waals surface area contributed by atoms with Crippen LogP contribution in [0.5, 0.6) is 0 Å². The second kappa shape index (κ2) is 4.79. The summed E-state index contributed by atoms with van der Waals surface area (Å²) in [4.78, 5) is 3.65. The molecule has 0 atom stereocenters. The van der Waals surface area contributed by atoms with Crippen LogP contribution < -0.4 is 0 Å². The number of hydrogen-bond donors (Lipinski definition) is 1. The first-order valence-corrected chi connectivity index (χ1v) is 7.36. The Morgan fingerprint density at radius 1 is 0.944 bits per heavy atom. The maximum absolute atomic E-state index is 3.65. The third-order valence-corrected chi connectivity index (χ3v) is 4.64. The minimum Gasteiger partial charge on any atom is -0.358 e. The van der Waals surface area contributed by atoms with Gasteiger partial charge in [0.2, 0.25) is 0 Å². The Morgan fingerprint density at radius 2 is 1.61 bits per heavy atom. The number of H-pyrrole nitrogens is 1. The van der Waals surface area contributed by atoms with E-state index >= 15 is 0 Å². The second-order valence-corrected chi connectivity index (χ2v) is 6.10. The number of benzene rings is 1. The van der Waals surface area contributed by atoms with Gasteiger partial charge in [-0.3, -0.25) is 0 Å². The van der Waals surface area contributed by atoms with Crippen molar-refractivity contribution in [1.82, 2.24) is 4.98 Å². The van der Waals surface area contributed by atoms with E-state index in [1.165, 1.54) is 61.5 Å². The summed E-state index contributed by atoms with van der Waals surface area (Å²) in [5.74, 6) is 0. The zero-order valence-corrected chi connectivity index (χ0v) is 11.3. The quantitative estimate of drug-likeness (QED) is 0.709. The lowest BCUT2D eigenvalue weighted by atomic mass is 9.75. The summed E-state index contributed by atoms with van der Waals surface area (Å²) in [6, 6.07) is 11.0. The van der Waals surface area contributed by atoms with Crippen LogP contribution in [-0.4, -0.2) is 4.98 Å². The lowest BCUT2D eigenvalue weighted by molar-refractivity contribution is 0.335. The minimum atomic E-state index is 0.361.